The molecule has 12 heteroatoms. The molecule has 0 saturated heterocycles. The standard InChI is InChI=1S/C56H35N3S.2C37H23N3S/c1-4-15-37(16-5-1)53-57-54(38-29-27-36(28-30-38)42-23-14-24-47-43(42)33-34-48-46-22-11-13-26-51(46)60-52(47)48)59-55(58-53)39-31-32-45-44-21-10-12-25-49(44)56(50(45)35-39,40-17-6-2-7-18-40)41-19-8-3-9-20-41;1-3-10-25(11-4-1)35-38-36(26-12-5-2-6-13-26)40-37(39-35)29-15-9-14-27(22-29)28-19-18-24-20-21-31-30-16-7-8-17-33(30)41-34(31)32(24)23-28;1-3-9-26(10-4-1)35-38-36(27-11-5-2-6-12-27)40-37(39-35)28-18-15-24(16-19-28)29-20-17-25-21-22-31-30-13-7-8-14-33(30)41-34(31)32(25)23-29/h1-35H;2*1-23H. The van der Waals surface area contributed by atoms with Gasteiger partial charge in [-0.1, -0.05) is 449 Å². The second-order valence-corrected chi connectivity index (χ2v) is 38.8. The van der Waals surface area contributed by atoms with Crippen LogP contribution >= 0.6 is 34.0 Å². The van der Waals surface area contributed by atoms with Crippen LogP contribution in [0.3, 0.4) is 0 Å². The molecule has 0 unspecified atom stereocenters. The number of hydrogen-bond acceptors (Lipinski definition) is 12. The highest BCUT2D eigenvalue weighted by molar-refractivity contribution is 7.27. The van der Waals surface area contributed by atoms with Crippen LogP contribution < -0.4 is 0 Å². The highest BCUT2D eigenvalue weighted by Crippen LogP contribution is 2.57. The van der Waals surface area contributed by atoms with Gasteiger partial charge in [-0.25, -0.2) is 44.9 Å². The second-order valence-electron chi connectivity index (χ2n) is 35.7. The Morgan fingerprint density at radius 3 is 0.838 bits per heavy atom. The second kappa shape index (κ2) is 36.2. The molecule has 0 aliphatic heterocycles. The third-order valence-electron chi connectivity index (χ3n) is 27.3. The van der Waals surface area contributed by atoms with Crippen molar-refractivity contribution in [3.8, 4) is 147 Å². The molecule has 0 radical (unpaired) electrons. The van der Waals surface area contributed by atoms with E-state index in [4.69, 9.17) is 44.9 Å². The average Bonchev–Trinajstić information content (AvgIpc) is 1.53. The molecule has 1 aliphatic rings. The van der Waals surface area contributed by atoms with Crippen LogP contribution in [0.4, 0.5) is 0 Å². The van der Waals surface area contributed by atoms with Gasteiger partial charge in [-0.15, -0.1) is 34.0 Å². The Kier molecular flexibility index (Phi) is 21.6. The molecule has 0 bridgehead atoms. The first kappa shape index (κ1) is 84.6. The molecule has 21 aromatic carbocycles. The van der Waals surface area contributed by atoms with Crippen LogP contribution in [0.25, 0.3) is 240 Å². The van der Waals surface area contributed by atoms with Crippen molar-refractivity contribution < 1.29 is 0 Å². The van der Waals surface area contributed by atoms with Gasteiger partial charge in [-0.2, -0.15) is 0 Å². The molecule has 6 heterocycles. The van der Waals surface area contributed by atoms with Gasteiger partial charge in [-0.05, 0) is 125 Å². The lowest BCUT2D eigenvalue weighted by Gasteiger charge is -2.34. The summed E-state index contributed by atoms with van der Waals surface area (Å²) in [5.74, 6) is 5.90. The van der Waals surface area contributed by atoms with Crippen LogP contribution in [-0.2, 0) is 5.41 Å². The van der Waals surface area contributed by atoms with E-state index in [1.807, 2.05) is 174 Å². The first-order valence-electron chi connectivity index (χ1n) is 47.6. The SMILES string of the molecule is c1ccc(-c2nc(-c3ccc(-c4cccc5c4ccc4c6ccccc6sc54)cc3)nc(-c3ccc4c(c3)C(c3ccccc3)(c3ccccc3)c3ccccc3-4)n2)cc1.c1ccc(-c2nc(-c3ccccc3)nc(-c3ccc(-c4ccc5ccc6c7ccccc7sc6c5c4)cc3)n2)cc1.c1ccc(-c2nc(-c3ccccc3)nc(-c3cccc(-c4ccc5ccc6c7ccccc7sc6c5c4)c3)n2)cc1. The molecule has 0 spiro atoms. The molecule has 142 heavy (non-hydrogen) atoms. The molecule has 664 valence electrons. The molecule has 0 fully saturated rings. The quantitative estimate of drug-likeness (QED) is 0.105. The molecule has 6 aromatic heterocycles. The lowest BCUT2D eigenvalue weighted by Crippen LogP contribution is -2.28. The van der Waals surface area contributed by atoms with Crippen molar-refractivity contribution in [1.29, 1.82) is 0 Å². The fourth-order valence-electron chi connectivity index (χ4n) is 20.4. The number of aromatic nitrogens is 9. The van der Waals surface area contributed by atoms with E-state index in [-0.39, 0.29) is 0 Å². The molecule has 0 saturated carbocycles. The Balaban J connectivity index is 0.000000112. The van der Waals surface area contributed by atoms with Crippen molar-refractivity contribution in [2.45, 2.75) is 5.41 Å². The van der Waals surface area contributed by atoms with Crippen molar-refractivity contribution in [2.24, 2.45) is 0 Å². The monoisotopic (exact) mass is 1860 g/mol. The topological polar surface area (TPSA) is 116 Å². The first-order valence-corrected chi connectivity index (χ1v) is 50.0. The molecular formula is C130H81N9S3. The maximum atomic E-state index is 5.25. The summed E-state index contributed by atoms with van der Waals surface area (Å²) in [5, 5.41) is 15.5. The van der Waals surface area contributed by atoms with E-state index in [1.165, 1.54) is 143 Å². The highest BCUT2D eigenvalue weighted by Gasteiger charge is 2.46. The third kappa shape index (κ3) is 15.5. The average molecular weight is 1870 g/mol. The van der Waals surface area contributed by atoms with Crippen LogP contribution in [-0.4, -0.2) is 44.9 Å². The van der Waals surface area contributed by atoms with E-state index in [0.717, 1.165) is 66.8 Å². The summed E-state index contributed by atoms with van der Waals surface area (Å²) in [6.45, 7) is 0. The third-order valence-corrected chi connectivity index (χ3v) is 31.0. The summed E-state index contributed by atoms with van der Waals surface area (Å²) in [6, 6.07) is 173. The van der Waals surface area contributed by atoms with Gasteiger partial charge in [0.1, 0.15) is 0 Å². The number of nitrogens with zero attached hydrogens (tertiary/aromatic N) is 9. The molecule has 0 N–H and O–H groups in total. The lowest BCUT2D eigenvalue weighted by atomic mass is 9.67. The van der Waals surface area contributed by atoms with Gasteiger partial charge in [0, 0.05) is 127 Å². The summed E-state index contributed by atoms with van der Waals surface area (Å²) >= 11 is 5.61. The Labute approximate surface area is 831 Å². The van der Waals surface area contributed by atoms with Crippen LogP contribution in [0.1, 0.15) is 22.3 Å². The van der Waals surface area contributed by atoms with Crippen molar-refractivity contribution in [3.05, 3.63) is 514 Å². The molecule has 28 rings (SSSR count). The van der Waals surface area contributed by atoms with E-state index in [1.54, 1.807) is 0 Å². The maximum absolute atomic E-state index is 5.25. The van der Waals surface area contributed by atoms with Gasteiger partial charge in [0.25, 0.3) is 0 Å². The Hall–Kier alpha value is -17.9. The number of benzene rings is 21. The molecule has 0 amide bonds. The van der Waals surface area contributed by atoms with E-state index >= 15 is 0 Å². The fraction of sp³-hybridized carbons (Fsp3) is 0.00769. The van der Waals surface area contributed by atoms with E-state index < -0.39 is 5.41 Å². The smallest absolute Gasteiger partial charge is 0.164 e. The number of fused-ring (bicyclic) bond motifs is 18. The minimum Gasteiger partial charge on any atom is -0.208 e. The lowest BCUT2D eigenvalue weighted by molar-refractivity contribution is 0.768. The summed E-state index contributed by atoms with van der Waals surface area (Å²) in [7, 11) is 0. The number of rotatable bonds is 14. The van der Waals surface area contributed by atoms with Crippen molar-refractivity contribution in [2.75, 3.05) is 0 Å². The van der Waals surface area contributed by atoms with Gasteiger partial charge < -0.3 is 0 Å². The van der Waals surface area contributed by atoms with Gasteiger partial charge in [0.15, 0.2) is 52.4 Å². The van der Waals surface area contributed by atoms with Crippen LogP contribution in [0.2, 0.25) is 0 Å². The van der Waals surface area contributed by atoms with Crippen LogP contribution in [0.5, 0.6) is 0 Å². The van der Waals surface area contributed by atoms with E-state index in [2.05, 4.69) is 352 Å². The van der Waals surface area contributed by atoms with Gasteiger partial charge in [-0.3, -0.25) is 0 Å². The van der Waals surface area contributed by atoms with Gasteiger partial charge in [0.2, 0.25) is 0 Å². The highest BCUT2D eigenvalue weighted by atomic mass is 32.1. The Morgan fingerprint density at radius 1 is 0.141 bits per heavy atom. The normalized spacial score (nSPS) is 12.0. The Bertz CT molecular complexity index is 9360. The Morgan fingerprint density at radius 2 is 0.401 bits per heavy atom. The summed E-state index contributed by atoms with van der Waals surface area (Å²) in [4.78, 5) is 44.8. The molecular weight excluding hydrogens is 1780 g/mol. The molecule has 9 nitrogen and oxygen atoms in total. The maximum Gasteiger partial charge on any atom is 0.164 e. The number of hydrogen-bond donors (Lipinski definition) is 0. The van der Waals surface area contributed by atoms with E-state index in [0.29, 0.717) is 52.4 Å². The largest absolute Gasteiger partial charge is 0.208 e. The van der Waals surface area contributed by atoms with Crippen LogP contribution in [0, 0.1) is 0 Å². The first-order chi connectivity index (χ1) is 70.3. The zero-order valence-corrected chi connectivity index (χ0v) is 79.0. The van der Waals surface area contributed by atoms with Gasteiger partial charge >= 0.3 is 0 Å². The van der Waals surface area contributed by atoms with E-state index in [9.17, 15) is 0 Å². The zero-order chi connectivity index (χ0) is 94.0. The van der Waals surface area contributed by atoms with Crippen molar-refractivity contribution in [3.63, 3.8) is 0 Å². The summed E-state index contributed by atoms with van der Waals surface area (Å²) in [5.41, 5.74) is 22.5. The van der Waals surface area contributed by atoms with Crippen molar-refractivity contribution in [1.82, 2.24) is 44.9 Å². The predicted molar refractivity (Wildman–Crippen MR) is 593 cm³/mol. The zero-order valence-electron chi connectivity index (χ0n) is 76.5. The molecule has 27 aromatic rings. The molecule has 0 atom stereocenters. The summed E-state index contributed by atoms with van der Waals surface area (Å²) in [6.07, 6.45) is 0. The van der Waals surface area contributed by atoms with Gasteiger partial charge in [0.05, 0.1) is 5.41 Å². The molecule has 1 aliphatic carbocycles. The predicted octanol–water partition coefficient (Wildman–Crippen LogP) is 34.5. The fourth-order valence-corrected chi connectivity index (χ4v) is 24.1. The number of thiophene rings is 3. The summed E-state index contributed by atoms with van der Waals surface area (Å²) < 4.78 is 7.97. The van der Waals surface area contributed by atoms with Crippen molar-refractivity contribution >= 4 is 127 Å². The minimum absolute atomic E-state index is 0.525. The van der Waals surface area contributed by atoms with Crippen LogP contribution in [0.15, 0.2) is 491 Å². The minimum atomic E-state index is -0.525.